The van der Waals surface area contributed by atoms with Crippen LogP contribution in [-0.4, -0.2) is 52.0 Å². The monoisotopic (exact) mass is 361 g/mol. The number of benzene rings is 1. The van der Waals surface area contributed by atoms with Crippen LogP contribution in [0.2, 0.25) is 0 Å². The van der Waals surface area contributed by atoms with Crippen LogP contribution < -0.4 is 11.0 Å². The average molecular weight is 361 g/mol. The Bertz CT molecular complexity index is 825. The molecule has 0 aliphatic rings. The summed E-state index contributed by atoms with van der Waals surface area (Å²) in [5.41, 5.74) is 3.11. The van der Waals surface area contributed by atoms with Crippen molar-refractivity contribution in [3.63, 3.8) is 0 Å². The van der Waals surface area contributed by atoms with Crippen molar-refractivity contribution in [1.29, 1.82) is 0 Å². The Morgan fingerprint density at radius 1 is 1.32 bits per heavy atom. The summed E-state index contributed by atoms with van der Waals surface area (Å²) in [6.07, 6.45) is 1.31. The molecule has 0 saturated heterocycles. The van der Waals surface area contributed by atoms with E-state index in [2.05, 4.69) is 34.3 Å². The first-order valence-corrected chi connectivity index (χ1v) is 8.61. The third-order valence-electron chi connectivity index (χ3n) is 3.85. The molecule has 0 fully saturated rings. The lowest BCUT2D eigenvalue weighted by atomic mass is 10.3. The van der Waals surface area contributed by atoms with Crippen molar-refractivity contribution in [3.8, 4) is 11.6 Å². The molecule has 8 heteroatoms. The zero-order valence-corrected chi connectivity index (χ0v) is 15.2. The van der Waals surface area contributed by atoms with E-state index in [-0.39, 0.29) is 16.2 Å². The molecule has 1 heterocycles. The van der Waals surface area contributed by atoms with E-state index in [0.717, 1.165) is 19.6 Å². The van der Waals surface area contributed by atoms with Crippen LogP contribution in [0.3, 0.4) is 0 Å². The highest BCUT2D eigenvalue weighted by Gasteiger charge is 2.12. The predicted molar refractivity (Wildman–Crippen MR) is 102 cm³/mol. The van der Waals surface area contributed by atoms with Gasteiger partial charge in [0.15, 0.2) is 4.77 Å². The molecule has 0 spiro atoms. The van der Waals surface area contributed by atoms with Gasteiger partial charge in [-0.15, -0.1) is 0 Å². The second-order valence-electron chi connectivity index (χ2n) is 5.36. The number of hydrazone groups is 1. The van der Waals surface area contributed by atoms with Crippen LogP contribution in [0.25, 0.3) is 5.69 Å². The average Bonchev–Trinajstić information content (AvgIpc) is 2.61. The molecule has 0 aliphatic carbocycles. The fourth-order valence-electron chi connectivity index (χ4n) is 2.39. The summed E-state index contributed by atoms with van der Waals surface area (Å²) < 4.78 is 1.52. The molecule has 0 aliphatic heterocycles. The van der Waals surface area contributed by atoms with Gasteiger partial charge in [-0.25, -0.2) is 0 Å². The number of para-hydroxylation sites is 1. The van der Waals surface area contributed by atoms with E-state index in [9.17, 15) is 9.90 Å². The van der Waals surface area contributed by atoms with Crippen molar-refractivity contribution in [2.45, 2.75) is 13.8 Å². The minimum Gasteiger partial charge on any atom is -0.494 e. The maximum absolute atomic E-state index is 12.1. The third kappa shape index (κ3) is 4.77. The van der Waals surface area contributed by atoms with E-state index < -0.39 is 5.56 Å². The third-order valence-corrected chi connectivity index (χ3v) is 4.14. The fraction of sp³-hybridized carbons (Fsp3) is 0.353. The highest BCUT2D eigenvalue weighted by Crippen LogP contribution is 2.17. The van der Waals surface area contributed by atoms with Gasteiger partial charge >= 0.3 is 0 Å². The highest BCUT2D eigenvalue weighted by molar-refractivity contribution is 7.71. The zero-order valence-electron chi connectivity index (χ0n) is 14.4. The SMILES string of the molecule is CCN(CC)CCN/N=C/c1c(O)n(-c2ccccc2)c(=S)[nH]c1=O. The van der Waals surface area contributed by atoms with Gasteiger partial charge in [-0.3, -0.25) is 14.3 Å². The Morgan fingerprint density at radius 2 is 2.00 bits per heavy atom. The quantitative estimate of drug-likeness (QED) is 0.289. The summed E-state index contributed by atoms with van der Waals surface area (Å²) in [7, 11) is 0. The number of nitrogens with one attached hydrogen (secondary N) is 2. The van der Waals surface area contributed by atoms with Crippen LogP contribution >= 0.6 is 12.2 Å². The molecule has 0 radical (unpaired) electrons. The number of rotatable bonds is 8. The van der Waals surface area contributed by atoms with Gasteiger partial charge in [0.2, 0.25) is 5.88 Å². The van der Waals surface area contributed by atoms with Gasteiger partial charge in [0.05, 0.1) is 11.9 Å². The molecular weight excluding hydrogens is 338 g/mol. The van der Waals surface area contributed by atoms with Crippen LogP contribution in [0, 0.1) is 4.77 Å². The maximum Gasteiger partial charge on any atom is 0.264 e. The van der Waals surface area contributed by atoms with Crippen molar-refractivity contribution in [1.82, 2.24) is 19.9 Å². The van der Waals surface area contributed by atoms with Gasteiger partial charge < -0.3 is 15.4 Å². The minimum atomic E-state index is -0.482. The number of H-pyrrole nitrogens is 1. The van der Waals surface area contributed by atoms with Gasteiger partial charge in [-0.05, 0) is 37.4 Å². The zero-order chi connectivity index (χ0) is 18.2. The van der Waals surface area contributed by atoms with E-state index >= 15 is 0 Å². The van der Waals surface area contributed by atoms with Crippen LogP contribution in [0.4, 0.5) is 0 Å². The standard InChI is InChI=1S/C17H23N5O2S/c1-3-21(4-2)11-10-18-19-12-14-15(23)20-17(25)22(16(14)24)13-8-6-5-7-9-13/h5-9,12,18,24H,3-4,10-11H2,1-2H3,(H,20,23,25)/b19-12+. The van der Waals surface area contributed by atoms with E-state index in [4.69, 9.17) is 12.2 Å². The molecule has 0 saturated carbocycles. The molecule has 2 aromatic rings. The largest absolute Gasteiger partial charge is 0.494 e. The molecule has 25 heavy (non-hydrogen) atoms. The number of aromatic nitrogens is 2. The molecule has 1 aromatic carbocycles. The van der Waals surface area contributed by atoms with Crippen molar-refractivity contribution in [2.75, 3.05) is 26.2 Å². The van der Waals surface area contributed by atoms with Gasteiger partial charge in [0, 0.05) is 13.1 Å². The first kappa shape index (κ1) is 18.9. The second-order valence-corrected chi connectivity index (χ2v) is 5.75. The summed E-state index contributed by atoms with van der Waals surface area (Å²) in [6, 6.07) is 9.08. The topological polar surface area (TPSA) is 85.7 Å². The molecule has 1 aromatic heterocycles. The van der Waals surface area contributed by atoms with E-state index in [0.29, 0.717) is 12.2 Å². The lowest BCUT2D eigenvalue weighted by Crippen LogP contribution is -2.30. The number of likely N-dealkylation sites (N-methyl/N-ethyl adjacent to an activating group) is 1. The van der Waals surface area contributed by atoms with Gasteiger partial charge in [-0.2, -0.15) is 5.10 Å². The number of aromatic hydroxyl groups is 1. The smallest absolute Gasteiger partial charge is 0.264 e. The summed E-state index contributed by atoms with van der Waals surface area (Å²) >= 11 is 5.16. The number of hydrogen-bond acceptors (Lipinski definition) is 6. The predicted octanol–water partition coefficient (Wildman–Crippen LogP) is 1.87. The summed E-state index contributed by atoms with van der Waals surface area (Å²) in [5, 5.41) is 14.5. The minimum absolute atomic E-state index is 0.0489. The maximum atomic E-state index is 12.1. The number of nitrogens with zero attached hydrogens (tertiary/aromatic N) is 3. The Morgan fingerprint density at radius 3 is 2.64 bits per heavy atom. The lowest BCUT2D eigenvalue weighted by Gasteiger charge is -2.17. The fourth-order valence-corrected chi connectivity index (χ4v) is 2.68. The lowest BCUT2D eigenvalue weighted by molar-refractivity contribution is 0.303. The molecule has 7 nitrogen and oxygen atoms in total. The first-order chi connectivity index (χ1) is 12.1. The Balaban J connectivity index is 2.20. The van der Waals surface area contributed by atoms with Crippen molar-refractivity contribution >= 4 is 18.4 Å². The second kappa shape index (κ2) is 9.14. The van der Waals surface area contributed by atoms with Crippen LogP contribution in [-0.2, 0) is 0 Å². The molecule has 3 N–H and O–H groups in total. The molecule has 0 amide bonds. The summed E-state index contributed by atoms with van der Waals surface area (Å²) in [5.74, 6) is -0.241. The molecule has 0 unspecified atom stereocenters. The summed E-state index contributed by atoms with van der Waals surface area (Å²) in [4.78, 5) is 16.9. The Hall–Kier alpha value is -2.45. The van der Waals surface area contributed by atoms with Gasteiger partial charge in [0.25, 0.3) is 5.56 Å². The van der Waals surface area contributed by atoms with Crippen LogP contribution in [0.5, 0.6) is 5.88 Å². The van der Waals surface area contributed by atoms with Gasteiger partial charge in [0.1, 0.15) is 5.56 Å². The van der Waals surface area contributed by atoms with Crippen molar-refractivity contribution < 1.29 is 5.11 Å². The van der Waals surface area contributed by atoms with E-state index in [1.165, 1.54) is 10.8 Å². The van der Waals surface area contributed by atoms with Crippen molar-refractivity contribution in [2.24, 2.45) is 5.10 Å². The molecule has 0 bridgehead atoms. The molecule has 134 valence electrons. The number of aromatic amines is 1. The highest BCUT2D eigenvalue weighted by atomic mass is 32.1. The molecular formula is C17H23N5O2S. The number of hydrogen-bond donors (Lipinski definition) is 3. The normalized spacial score (nSPS) is 11.3. The van der Waals surface area contributed by atoms with Crippen LogP contribution in [0.15, 0.2) is 40.2 Å². The van der Waals surface area contributed by atoms with E-state index in [1.54, 1.807) is 12.1 Å². The van der Waals surface area contributed by atoms with Gasteiger partial charge in [-0.1, -0.05) is 32.0 Å². The Kier molecular flexibility index (Phi) is 6.91. The first-order valence-electron chi connectivity index (χ1n) is 8.20. The molecule has 0 atom stereocenters. The molecule has 2 rings (SSSR count). The van der Waals surface area contributed by atoms with E-state index in [1.807, 2.05) is 18.2 Å². The Labute approximate surface area is 151 Å². The van der Waals surface area contributed by atoms with Crippen molar-refractivity contribution in [3.05, 3.63) is 51.0 Å². The summed E-state index contributed by atoms with van der Waals surface area (Å²) in [6.45, 7) is 7.64. The van der Waals surface area contributed by atoms with Crippen LogP contribution in [0.1, 0.15) is 19.4 Å².